The number of hydrogen-bond donors (Lipinski definition) is 1. The summed E-state index contributed by atoms with van der Waals surface area (Å²) in [4.78, 5) is 30.7. The molecule has 2 aliphatic rings. The highest BCUT2D eigenvalue weighted by atomic mass is 16.5. The number of ether oxygens (including phenoxy) is 1. The fourth-order valence-corrected chi connectivity index (χ4v) is 5.55. The van der Waals surface area contributed by atoms with Crippen molar-refractivity contribution in [3.05, 3.63) is 59.2 Å². The summed E-state index contributed by atoms with van der Waals surface area (Å²) in [6, 6.07) is 14.4. The summed E-state index contributed by atoms with van der Waals surface area (Å²) < 4.78 is 6.04. The Morgan fingerprint density at radius 3 is 2.56 bits per heavy atom. The molecule has 2 atom stereocenters. The molecule has 0 saturated heterocycles. The van der Waals surface area contributed by atoms with E-state index in [9.17, 15) is 9.59 Å². The van der Waals surface area contributed by atoms with E-state index < -0.39 is 5.60 Å². The van der Waals surface area contributed by atoms with Gasteiger partial charge >= 0.3 is 0 Å². The van der Waals surface area contributed by atoms with Crippen molar-refractivity contribution in [3.63, 3.8) is 0 Å². The van der Waals surface area contributed by atoms with Gasteiger partial charge < -0.3 is 20.3 Å². The molecule has 0 aromatic heterocycles. The number of aryl methyl sites for hydroxylation is 1. The highest BCUT2D eigenvalue weighted by molar-refractivity contribution is 6.05. The fourth-order valence-electron chi connectivity index (χ4n) is 5.55. The van der Waals surface area contributed by atoms with E-state index in [1.807, 2.05) is 30.0 Å². The van der Waals surface area contributed by atoms with Crippen LogP contribution >= 0.6 is 0 Å². The fraction of sp³-hybridized carbons (Fsp3) is 0.500. The number of rotatable bonds is 6. The van der Waals surface area contributed by atoms with Crippen LogP contribution in [0.4, 0.5) is 5.69 Å². The third-order valence-electron chi connectivity index (χ3n) is 7.26. The summed E-state index contributed by atoms with van der Waals surface area (Å²) in [6.45, 7) is 8.88. The van der Waals surface area contributed by atoms with Gasteiger partial charge in [0.2, 0.25) is 0 Å². The van der Waals surface area contributed by atoms with Crippen LogP contribution in [0.3, 0.4) is 0 Å². The summed E-state index contributed by atoms with van der Waals surface area (Å²) >= 11 is 0. The van der Waals surface area contributed by atoms with Crippen LogP contribution in [0.1, 0.15) is 73.9 Å². The second-order valence-corrected chi connectivity index (χ2v) is 9.95. The Kier molecular flexibility index (Phi) is 6.99. The zero-order chi connectivity index (χ0) is 24.5. The van der Waals surface area contributed by atoms with Crippen molar-refractivity contribution < 1.29 is 14.3 Å². The number of carbonyl (C=O) groups is 2. The lowest BCUT2D eigenvalue weighted by Crippen LogP contribution is -2.53. The molecule has 34 heavy (non-hydrogen) atoms. The Morgan fingerprint density at radius 1 is 1.18 bits per heavy atom. The van der Waals surface area contributed by atoms with E-state index in [1.54, 1.807) is 18.7 Å². The van der Waals surface area contributed by atoms with Crippen LogP contribution < -0.4 is 15.4 Å². The molecule has 4 rings (SSSR count). The van der Waals surface area contributed by atoms with E-state index in [0.29, 0.717) is 42.6 Å². The Bertz CT molecular complexity index is 1050. The number of likely N-dealkylation sites (N-methyl/N-ethyl adjacent to an activating group) is 1. The molecule has 0 radical (unpaired) electrons. The number of fused-ring (bicyclic) bond motifs is 1. The number of anilines is 1. The molecule has 6 nitrogen and oxygen atoms in total. The molecule has 0 unspecified atom stereocenters. The Balaban J connectivity index is 1.71. The van der Waals surface area contributed by atoms with Crippen LogP contribution in [-0.2, 0) is 4.79 Å². The summed E-state index contributed by atoms with van der Waals surface area (Å²) in [7, 11) is 0. The van der Waals surface area contributed by atoms with Crippen molar-refractivity contribution in [2.45, 2.75) is 70.9 Å². The molecule has 0 bridgehead atoms. The standard InChI is InChI=1S/C28H37N3O3/c1-5-30(23-14-10-9-13-21(23)20-11-7-6-8-12-20)26(32)22-18-24-25(17-19(22)2)34-28(3,4)27(33)31(24)16-15-29/h6-8,11-12,17-18,21,23H,5,9-10,13-16,29H2,1-4H3/t21-,23+/m1/s1. The number of amides is 2. The summed E-state index contributed by atoms with van der Waals surface area (Å²) in [6.07, 6.45) is 4.40. The lowest BCUT2D eigenvalue weighted by atomic mass is 9.79. The molecule has 1 aliphatic carbocycles. The zero-order valence-electron chi connectivity index (χ0n) is 20.8. The van der Waals surface area contributed by atoms with Crippen LogP contribution in [-0.4, -0.2) is 48.0 Å². The van der Waals surface area contributed by atoms with E-state index in [4.69, 9.17) is 10.5 Å². The molecule has 2 aromatic carbocycles. The maximum atomic E-state index is 14.0. The molecule has 1 heterocycles. The van der Waals surface area contributed by atoms with Crippen molar-refractivity contribution in [2.75, 3.05) is 24.5 Å². The van der Waals surface area contributed by atoms with Gasteiger partial charge in [0.1, 0.15) is 5.75 Å². The minimum absolute atomic E-state index is 0.0145. The monoisotopic (exact) mass is 463 g/mol. The number of benzene rings is 2. The van der Waals surface area contributed by atoms with E-state index >= 15 is 0 Å². The van der Waals surface area contributed by atoms with E-state index in [-0.39, 0.29) is 17.9 Å². The Labute approximate surface area is 203 Å². The number of hydrogen-bond acceptors (Lipinski definition) is 4. The molecule has 6 heteroatoms. The highest BCUT2D eigenvalue weighted by Gasteiger charge is 2.42. The maximum Gasteiger partial charge on any atom is 0.270 e. The molecular formula is C28H37N3O3. The van der Waals surface area contributed by atoms with Gasteiger partial charge in [-0.1, -0.05) is 43.2 Å². The molecule has 1 aliphatic heterocycles. The van der Waals surface area contributed by atoms with E-state index in [1.165, 1.54) is 12.0 Å². The van der Waals surface area contributed by atoms with Crippen molar-refractivity contribution in [3.8, 4) is 5.75 Å². The van der Waals surface area contributed by atoms with Crippen molar-refractivity contribution in [1.82, 2.24) is 4.90 Å². The first kappa shape index (κ1) is 24.3. The molecule has 0 spiro atoms. The van der Waals surface area contributed by atoms with Crippen LogP contribution in [0.15, 0.2) is 42.5 Å². The van der Waals surface area contributed by atoms with Gasteiger partial charge in [-0.2, -0.15) is 0 Å². The molecular weight excluding hydrogens is 426 g/mol. The highest BCUT2D eigenvalue weighted by Crippen LogP contribution is 2.41. The summed E-state index contributed by atoms with van der Waals surface area (Å²) in [5.74, 6) is 0.822. The lowest BCUT2D eigenvalue weighted by molar-refractivity contribution is -0.132. The van der Waals surface area contributed by atoms with Crippen LogP contribution in [0, 0.1) is 6.92 Å². The van der Waals surface area contributed by atoms with Crippen LogP contribution in [0.5, 0.6) is 5.75 Å². The quantitative estimate of drug-likeness (QED) is 0.677. The van der Waals surface area contributed by atoms with E-state index in [0.717, 1.165) is 24.8 Å². The average Bonchev–Trinajstić information content (AvgIpc) is 2.83. The lowest BCUT2D eigenvalue weighted by Gasteiger charge is -2.41. The first-order chi connectivity index (χ1) is 16.3. The number of carbonyl (C=O) groups excluding carboxylic acids is 2. The van der Waals surface area contributed by atoms with Gasteiger partial charge in [-0.05, 0) is 63.8 Å². The van der Waals surface area contributed by atoms with Crippen LogP contribution in [0.25, 0.3) is 0 Å². The minimum atomic E-state index is -0.972. The minimum Gasteiger partial charge on any atom is -0.476 e. The average molecular weight is 464 g/mol. The third kappa shape index (κ3) is 4.43. The van der Waals surface area contributed by atoms with Gasteiger partial charge in [0.15, 0.2) is 5.60 Å². The van der Waals surface area contributed by atoms with E-state index in [2.05, 4.69) is 31.2 Å². The van der Waals surface area contributed by atoms with Gasteiger partial charge in [-0.15, -0.1) is 0 Å². The summed E-state index contributed by atoms with van der Waals surface area (Å²) in [5.41, 5.74) is 8.26. The second kappa shape index (κ2) is 9.79. The van der Waals surface area contributed by atoms with Gasteiger partial charge in [-0.25, -0.2) is 0 Å². The van der Waals surface area contributed by atoms with Crippen molar-refractivity contribution in [1.29, 1.82) is 0 Å². The number of nitrogens with two attached hydrogens (primary N) is 1. The molecule has 1 saturated carbocycles. The zero-order valence-corrected chi connectivity index (χ0v) is 20.8. The molecule has 2 N–H and O–H groups in total. The predicted molar refractivity (Wildman–Crippen MR) is 135 cm³/mol. The van der Waals surface area contributed by atoms with Crippen molar-refractivity contribution >= 4 is 17.5 Å². The normalized spacial score (nSPS) is 21.6. The Hall–Kier alpha value is -2.86. The molecule has 182 valence electrons. The second-order valence-electron chi connectivity index (χ2n) is 9.95. The topological polar surface area (TPSA) is 75.9 Å². The molecule has 2 aromatic rings. The largest absolute Gasteiger partial charge is 0.476 e. The first-order valence-corrected chi connectivity index (χ1v) is 12.5. The summed E-state index contributed by atoms with van der Waals surface area (Å²) in [5, 5.41) is 0. The third-order valence-corrected chi connectivity index (χ3v) is 7.26. The Morgan fingerprint density at radius 2 is 1.88 bits per heavy atom. The SMILES string of the molecule is CCN(C(=O)c1cc2c(cc1C)OC(C)(C)C(=O)N2CCN)[C@H]1CCCC[C@@H]1c1ccccc1. The smallest absolute Gasteiger partial charge is 0.270 e. The van der Waals surface area contributed by atoms with Gasteiger partial charge in [-0.3, -0.25) is 9.59 Å². The maximum absolute atomic E-state index is 14.0. The predicted octanol–water partition coefficient (Wildman–Crippen LogP) is 4.65. The van der Waals surface area contributed by atoms with Crippen molar-refractivity contribution in [2.24, 2.45) is 5.73 Å². The van der Waals surface area contributed by atoms with Gasteiger partial charge in [0.05, 0.1) is 5.69 Å². The molecule has 1 fully saturated rings. The van der Waals surface area contributed by atoms with Gasteiger partial charge in [0.25, 0.3) is 11.8 Å². The molecule has 2 amide bonds. The first-order valence-electron chi connectivity index (χ1n) is 12.5. The van der Waals surface area contributed by atoms with Crippen LogP contribution in [0.2, 0.25) is 0 Å². The van der Waals surface area contributed by atoms with Gasteiger partial charge in [0, 0.05) is 37.2 Å². The number of nitrogens with zero attached hydrogens (tertiary/aromatic N) is 2.